The van der Waals surface area contributed by atoms with E-state index in [-0.39, 0.29) is 24.2 Å². The van der Waals surface area contributed by atoms with Crippen LogP contribution in [0.1, 0.15) is 46.2 Å². The number of hydrogen-bond acceptors (Lipinski definition) is 7. The van der Waals surface area contributed by atoms with Gasteiger partial charge in [-0.25, -0.2) is 8.42 Å². The number of carbonyl (C=O) groups excluding carboxylic acids is 1. The fourth-order valence-corrected chi connectivity index (χ4v) is 4.01. The van der Waals surface area contributed by atoms with Crippen LogP contribution in [0, 0.1) is 5.92 Å². The number of sulfone groups is 1. The fraction of sp³-hybridized carbons (Fsp3) is 0.765. The second-order valence-electron chi connectivity index (χ2n) is 7.92. The number of ether oxygens (including phenoxy) is 1. The number of nitrogens with one attached hydrogen (secondary N) is 1. The first-order valence-electron chi connectivity index (χ1n) is 8.69. The number of hydrogen-bond donors (Lipinski definition) is 2. The third kappa shape index (κ3) is 4.44. The summed E-state index contributed by atoms with van der Waals surface area (Å²) in [6, 6.07) is 1.49. The van der Waals surface area contributed by atoms with Crippen LogP contribution in [0.2, 0.25) is 0 Å². The van der Waals surface area contributed by atoms with Gasteiger partial charge in [0.05, 0.1) is 18.1 Å². The molecular weight excluding hydrogens is 360 g/mol. The molecule has 1 atom stereocenters. The zero-order valence-corrected chi connectivity index (χ0v) is 16.6. The molecule has 0 aromatic carbocycles. The molecule has 1 aliphatic heterocycles. The molecule has 0 radical (unpaired) electrons. The third-order valence-electron chi connectivity index (χ3n) is 4.98. The topological polar surface area (TPSA) is 119 Å². The summed E-state index contributed by atoms with van der Waals surface area (Å²) in [7, 11) is -3.66. The maximum Gasteiger partial charge on any atom is 0.247 e. The van der Waals surface area contributed by atoms with Crippen molar-refractivity contribution in [1.82, 2.24) is 5.16 Å². The molecule has 2 N–H and O–H groups in total. The molecule has 0 aliphatic carbocycles. The summed E-state index contributed by atoms with van der Waals surface area (Å²) in [5, 5.41) is 15.7. The zero-order valence-electron chi connectivity index (χ0n) is 15.7. The van der Waals surface area contributed by atoms with E-state index >= 15 is 0 Å². The Morgan fingerprint density at radius 3 is 2.65 bits per heavy atom. The summed E-state index contributed by atoms with van der Waals surface area (Å²) in [5.41, 5.74) is -0.158. The Labute approximate surface area is 154 Å². The Balaban J connectivity index is 2.04. The van der Waals surface area contributed by atoms with E-state index in [0.29, 0.717) is 25.3 Å². The number of anilines is 1. The van der Waals surface area contributed by atoms with Crippen LogP contribution in [0.5, 0.6) is 0 Å². The summed E-state index contributed by atoms with van der Waals surface area (Å²) in [4.78, 5) is 12.6. The maximum atomic E-state index is 12.7. The van der Waals surface area contributed by atoms with Gasteiger partial charge >= 0.3 is 0 Å². The van der Waals surface area contributed by atoms with Crippen molar-refractivity contribution in [2.75, 3.05) is 30.9 Å². The molecule has 1 saturated heterocycles. The highest BCUT2D eigenvalue weighted by Crippen LogP contribution is 2.27. The lowest BCUT2D eigenvalue weighted by molar-refractivity contribution is -0.118. The number of amides is 1. The van der Waals surface area contributed by atoms with E-state index in [4.69, 9.17) is 9.26 Å². The maximum absolute atomic E-state index is 12.7. The van der Waals surface area contributed by atoms with Crippen LogP contribution in [0.3, 0.4) is 0 Å². The molecule has 0 spiro atoms. The lowest BCUT2D eigenvalue weighted by Gasteiger charge is -2.23. The first kappa shape index (κ1) is 20.9. The minimum Gasteiger partial charge on any atom is -0.395 e. The van der Waals surface area contributed by atoms with Crippen LogP contribution in [-0.2, 0) is 24.8 Å². The van der Waals surface area contributed by atoms with Crippen LogP contribution >= 0.6 is 0 Å². The first-order chi connectivity index (χ1) is 12.0. The number of rotatable bonds is 8. The van der Waals surface area contributed by atoms with Crippen LogP contribution in [0.15, 0.2) is 10.6 Å². The van der Waals surface area contributed by atoms with Crippen LogP contribution in [0.25, 0.3) is 0 Å². The van der Waals surface area contributed by atoms with Gasteiger partial charge in [-0.1, -0.05) is 19.0 Å². The number of aliphatic hydroxyl groups excluding tert-OH is 1. The quantitative estimate of drug-likeness (QED) is 0.693. The van der Waals surface area contributed by atoms with E-state index in [2.05, 4.69) is 10.5 Å². The molecular formula is C17H28N2O6S. The molecule has 148 valence electrons. The Morgan fingerprint density at radius 2 is 2.08 bits per heavy atom. The Hall–Kier alpha value is -1.45. The zero-order chi connectivity index (χ0) is 19.6. The predicted molar refractivity (Wildman–Crippen MR) is 96.7 cm³/mol. The number of nitrogens with zero attached hydrogens (tertiary/aromatic N) is 1. The van der Waals surface area contributed by atoms with Gasteiger partial charge in [0.1, 0.15) is 4.75 Å². The van der Waals surface area contributed by atoms with Crippen molar-refractivity contribution in [3.63, 3.8) is 0 Å². The Kier molecular flexibility index (Phi) is 6.14. The summed E-state index contributed by atoms with van der Waals surface area (Å²) in [6.07, 6.45) is 1.33. The minimum atomic E-state index is -3.66. The highest BCUT2D eigenvalue weighted by Gasteiger charge is 2.42. The van der Waals surface area contributed by atoms with Crippen molar-refractivity contribution in [3.05, 3.63) is 11.8 Å². The smallest absolute Gasteiger partial charge is 0.247 e. The molecule has 1 aromatic heterocycles. The molecule has 9 heteroatoms. The lowest BCUT2D eigenvalue weighted by atomic mass is 9.91. The molecule has 2 heterocycles. The molecule has 2 rings (SSSR count). The van der Waals surface area contributed by atoms with E-state index in [1.54, 1.807) is 13.8 Å². The Morgan fingerprint density at radius 1 is 1.38 bits per heavy atom. The summed E-state index contributed by atoms with van der Waals surface area (Å²) in [6.45, 7) is 7.42. The molecule has 1 amide bonds. The predicted octanol–water partition coefficient (Wildman–Crippen LogP) is 1.50. The van der Waals surface area contributed by atoms with Crippen molar-refractivity contribution in [1.29, 1.82) is 0 Å². The third-order valence-corrected chi connectivity index (χ3v) is 7.49. The van der Waals surface area contributed by atoms with E-state index in [0.717, 1.165) is 6.42 Å². The lowest BCUT2D eigenvalue weighted by Crippen LogP contribution is -2.45. The fourth-order valence-electron chi connectivity index (χ4n) is 2.53. The first-order valence-corrected chi connectivity index (χ1v) is 10.3. The average molecular weight is 388 g/mol. The van der Waals surface area contributed by atoms with E-state index in [1.807, 2.05) is 0 Å². The van der Waals surface area contributed by atoms with Crippen molar-refractivity contribution >= 4 is 21.6 Å². The largest absolute Gasteiger partial charge is 0.395 e. The normalized spacial score (nSPS) is 18.9. The van der Waals surface area contributed by atoms with Gasteiger partial charge in [-0.3, -0.25) is 10.1 Å². The molecule has 26 heavy (non-hydrogen) atoms. The molecule has 0 bridgehead atoms. The van der Waals surface area contributed by atoms with E-state index in [9.17, 15) is 18.3 Å². The SMILES string of the molecule is CC(C)(CO)c1cc(NC(=O)C(C)(C)S(=O)(=O)CC[C@@H]2CCOC2)on1. The molecule has 0 saturated carbocycles. The molecule has 1 aliphatic rings. The van der Waals surface area contributed by atoms with Crippen LogP contribution in [0.4, 0.5) is 5.88 Å². The summed E-state index contributed by atoms with van der Waals surface area (Å²) in [5.74, 6) is -0.467. The molecule has 1 fully saturated rings. The number of aliphatic hydroxyl groups is 1. The standard InChI is InChI=1S/C17H28N2O6S/c1-16(2,11-20)13-9-14(25-19-13)18-15(21)17(3,4)26(22,23)8-6-12-5-7-24-10-12/h9,12,20H,5-8,10-11H2,1-4H3,(H,18,21)/t12-/m0/s1. The minimum absolute atomic E-state index is 0.0546. The average Bonchev–Trinajstić information content (AvgIpc) is 3.24. The molecule has 1 aromatic rings. The number of aromatic nitrogens is 1. The highest BCUT2D eigenvalue weighted by atomic mass is 32.2. The van der Waals surface area contributed by atoms with Crippen molar-refractivity contribution in [2.45, 2.75) is 50.7 Å². The van der Waals surface area contributed by atoms with Crippen molar-refractivity contribution in [2.24, 2.45) is 5.92 Å². The van der Waals surface area contributed by atoms with Gasteiger partial charge in [0.25, 0.3) is 0 Å². The van der Waals surface area contributed by atoms with Gasteiger partial charge in [0.15, 0.2) is 9.84 Å². The highest BCUT2D eigenvalue weighted by molar-refractivity contribution is 7.93. The van der Waals surface area contributed by atoms with E-state index in [1.165, 1.54) is 19.9 Å². The van der Waals surface area contributed by atoms with Crippen LogP contribution < -0.4 is 5.32 Å². The second kappa shape index (κ2) is 7.66. The van der Waals surface area contributed by atoms with Gasteiger partial charge in [0.2, 0.25) is 11.8 Å². The van der Waals surface area contributed by atoms with Crippen molar-refractivity contribution in [3.8, 4) is 0 Å². The molecule has 8 nitrogen and oxygen atoms in total. The van der Waals surface area contributed by atoms with Gasteiger partial charge in [-0.15, -0.1) is 0 Å². The van der Waals surface area contributed by atoms with Crippen LogP contribution in [-0.4, -0.2) is 54.9 Å². The van der Waals surface area contributed by atoms with Gasteiger partial charge in [-0.2, -0.15) is 0 Å². The summed E-state index contributed by atoms with van der Waals surface area (Å²) >= 11 is 0. The second-order valence-corrected chi connectivity index (χ2v) is 10.6. The molecule has 0 unspecified atom stereocenters. The van der Waals surface area contributed by atoms with Gasteiger partial charge in [-0.05, 0) is 32.6 Å². The van der Waals surface area contributed by atoms with E-state index < -0.39 is 25.9 Å². The summed E-state index contributed by atoms with van der Waals surface area (Å²) < 4.78 is 34.1. The Bertz CT molecular complexity index is 732. The van der Waals surface area contributed by atoms with Crippen molar-refractivity contribution < 1.29 is 27.6 Å². The van der Waals surface area contributed by atoms with Gasteiger partial charge < -0.3 is 14.4 Å². The monoisotopic (exact) mass is 388 g/mol. The van der Waals surface area contributed by atoms with Gasteiger partial charge in [0, 0.05) is 24.7 Å². The number of carbonyl (C=O) groups is 1.